The van der Waals surface area contributed by atoms with Gasteiger partial charge in [0.05, 0.1) is 6.04 Å². The molecule has 1 aromatic carbocycles. The Morgan fingerprint density at radius 1 is 1.52 bits per heavy atom. The minimum absolute atomic E-state index is 0.0331. The van der Waals surface area contributed by atoms with Crippen molar-refractivity contribution >= 4 is 27.7 Å². The summed E-state index contributed by atoms with van der Waals surface area (Å²) in [6, 6.07) is 7.61. The highest BCUT2D eigenvalue weighted by atomic mass is 79.9. The molecule has 4 N–H and O–H groups in total. The number of carbonyl (C=O) groups is 1. The Balaban J connectivity index is 2.51. The quantitative estimate of drug-likeness (QED) is 0.418. The van der Waals surface area contributed by atoms with Crippen molar-refractivity contribution in [3.63, 3.8) is 0 Å². The van der Waals surface area contributed by atoms with Gasteiger partial charge in [-0.25, -0.2) is 4.99 Å². The first-order valence-electron chi connectivity index (χ1n) is 6.79. The van der Waals surface area contributed by atoms with Gasteiger partial charge in [-0.1, -0.05) is 41.1 Å². The van der Waals surface area contributed by atoms with E-state index in [2.05, 4.69) is 31.6 Å². The summed E-state index contributed by atoms with van der Waals surface area (Å²) in [4.78, 5) is 15.9. The molecule has 0 spiro atoms. The highest BCUT2D eigenvalue weighted by Crippen LogP contribution is 2.17. The zero-order valence-corrected chi connectivity index (χ0v) is 13.9. The van der Waals surface area contributed by atoms with Crippen molar-refractivity contribution in [2.45, 2.75) is 26.3 Å². The second-order valence-electron chi connectivity index (χ2n) is 4.47. The van der Waals surface area contributed by atoms with Gasteiger partial charge in [0.2, 0.25) is 0 Å². The summed E-state index contributed by atoms with van der Waals surface area (Å²) in [5.41, 5.74) is 6.65. The van der Waals surface area contributed by atoms with Crippen LogP contribution in [-0.2, 0) is 4.79 Å². The topological polar surface area (TPSA) is 79.5 Å². The van der Waals surface area contributed by atoms with Crippen LogP contribution in [0.15, 0.2) is 46.0 Å². The predicted molar refractivity (Wildman–Crippen MR) is 89.8 cm³/mol. The van der Waals surface area contributed by atoms with E-state index in [0.717, 1.165) is 16.5 Å². The summed E-state index contributed by atoms with van der Waals surface area (Å²) in [7, 11) is 0. The molecule has 21 heavy (non-hydrogen) atoms. The molecule has 1 rings (SSSR count). The van der Waals surface area contributed by atoms with E-state index in [-0.39, 0.29) is 24.5 Å². The monoisotopic (exact) mass is 352 g/mol. The molecule has 0 fully saturated rings. The average Bonchev–Trinajstić information content (AvgIpc) is 2.46. The summed E-state index contributed by atoms with van der Waals surface area (Å²) >= 11 is 3.40. The van der Waals surface area contributed by atoms with Crippen molar-refractivity contribution < 1.29 is 4.79 Å². The minimum atomic E-state index is -0.372. The van der Waals surface area contributed by atoms with Gasteiger partial charge in [-0.05, 0) is 37.2 Å². The molecule has 0 bridgehead atoms. The van der Waals surface area contributed by atoms with Crippen LogP contribution in [0.1, 0.15) is 31.9 Å². The van der Waals surface area contributed by atoms with Crippen LogP contribution in [0, 0.1) is 0 Å². The van der Waals surface area contributed by atoms with Gasteiger partial charge in [0.25, 0.3) is 5.91 Å². The molecule has 1 amide bonds. The summed E-state index contributed by atoms with van der Waals surface area (Å²) < 4.78 is 0.967. The van der Waals surface area contributed by atoms with Gasteiger partial charge in [-0.2, -0.15) is 0 Å². The van der Waals surface area contributed by atoms with E-state index in [1.54, 1.807) is 6.20 Å². The second kappa shape index (κ2) is 9.18. The first-order valence-corrected chi connectivity index (χ1v) is 7.58. The maximum atomic E-state index is 11.9. The molecule has 0 heterocycles. The third kappa shape index (κ3) is 6.44. The van der Waals surface area contributed by atoms with Crippen molar-refractivity contribution in [3.8, 4) is 0 Å². The predicted octanol–water partition coefficient (Wildman–Crippen LogP) is 2.45. The molecule has 0 aromatic heterocycles. The molecular weight excluding hydrogens is 332 g/mol. The van der Waals surface area contributed by atoms with E-state index < -0.39 is 0 Å². The zero-order valence-electron chi connectivity index (χ0n) is 12.3. The number of hydrogen-bond donors (Lipinski definition) is 3. The van der Waals surface area contributed by atoms with Gasteiger partial charge in [0, 0.05) is 4.47 Å². The molecule has 6 heteroatoms. The molecular formula is C15H21BrN4O. The van der Waals surface area contributed by atoms with E-state index >= 15 is 0 Å². The Morgan fingerprint density at radius 3 is 2.95 bits per heavy atom. The van der Waals surface area contributed by atoms with Gasteiger partial charge < -0.3 is 16.4 Å². The first-order chi connectivity index (χ1) is 10.0. The van der Waals surface area contributed by atoms with Gasteiger partial charge in [0.1, 0.15) is 6.67 Å². The first kappa shape index (κ1) is 17.2. The van der Waals surface area contributed by atoms with E-state index in [1.165, 1.54) is 0 Å². The molecule has 1 aromatic rings. The van der Waals surface area contributed by atoms with Crippen LogP contribution in [0.25, 0.3) is 0 Å². The normalized spacial score (nSPS) is 13.2. The Hall–Kier alpha value is -1.82. The molecule has 0 aliphatic heterocycles. The fourth-order valence-electron chi connectivity index (χ4n) is 1.59. The Kier molecular flexibility index (Phi) is 7.53. The van der Waals surface area contributed by atoms with E-state index in [4.69, 9.17) is 5.73 Å². The van der Waals surface area contributed by atoms with Gasteiger partial charge >= 0.3 is 0 Å². The second-order valence-corrected chi connectivity index (χ2v) is 5.38. The largest absolute Gasteiger partial charge is 0.379 e. The van der Waals surface area contributed by atoms with Crippen LogP contribution in [0.3, 0.4) is 0 Å². The number of amides is 1. The van der Waals surface area contributed by atoms with Gasteiger partial charge in [0.15, 0.2) is 5.84 Å². The number of amidine groups is 1. The lowest BCUT2D eigenvalue weighted by Crippen LogP contribution is -2.38. The minimum Gasteiger partial charge on any atom is -0.379 e. The number of allylic oxidation sites excluding steroid dienone is 1. The Labute approximate surface area is 133 Å². The molecule has 114 valence electrons. The summed E-state index contributed by atoms with van der Waals surface area (Å²) in [6.45, 7) is 4.21. The molecule has 0 aliphatic carbocycles. The lowest BCUT2D eigenvalue weighted by Gasteiger charge is -2.14. The molecule has 5 nitrogen and oxygen atoms in total. The van der Waals surface area contributed by atoms with E-state index in [0.29, 0.717) is 0 Å². The van der Waals surface area contributed by atoms with Crippen LogP contribution < -0.4 is 16.4 Å². The number of rotatable bonds is 6. The van der Waals surface area contributed by atoms with Crippen molar-refractivity contribution in [1.29, 1.82) is 0 Å². The molecule has 0 saturated carbocycles. The number of nitrogens with two attached hydrogens (primary N) is 1. The summed E-state index contributed by atoms with van der Waals surface area (Å²) in [5, 5.41) is 5.74. The van der Waals surface area contributed by atoms with Crippen LogP contribution in [0.5, 0.6) is 0 Å². The fraction of sp³-hybridized carbons (Fsp3) is 0.333. The Morgan fingerprint density at radius 2 is 2.29 bits per heavy atom. The Bertz CT molecular complexity index is 528. The maximum Gasteiger partial charge on any atom is 0.286 e. The summed E-state index contributed by atoms with van der Waals surface area (Å²) in [5.74, 6) is -0.405. The third-order valence-corrected chi connectivity index (χ3v) is 3.23. The van der Waals surface area contributed by atoms with Crippen molar-refractivity contribution in [1.82, 2.24) is 10.6 Å². The van der Waals surface area contributed by atoms with Crippen LogP contribution in [0.4, 0.5) is 0 Å². The van der Waals surface area contributed by atoms with Crippen molar-refractivity contribution in [2.24, 2.45) is 10.7 Å². The number of hydrogen-bond acceptors (Lipinski definition) is 3. The number of nitrogens with zero attached hydrogens (tertiary/aromatic N) is 1. The molecule has 1 atom stereocenters. The highest BCUT2D eigenvalue weighted by Gasteiger charge is 2.12. The lowest BCUT2D eigenvalue weighted by molar-refractivity contribution is -0.115. The van der Waals surface area contributed by atoms with Crippen molar-refractivity contribution in [2.75, 3.05) is 6.67 Å². The fourth-order valence-corrected chi connectivity index (χ4v) is 2.00. The van der Waals surface area contributed by atoms with Crippen LogP contribution in [0.2, 0.25) is 0 Å². The number of aliphatic imine (C=N–C) groups is 1. The standard InChI is InChI=1S/C15H21BrN4O/c1-3-4-8-18-10-19-14(17)15(21)20-11(2)12-6-5-7-13(16)9-12/h4-9,11,18H,3,10H2,1-2H3,(H2,17,19)(H,20,21)/b8-4-/t11-/m1/s1. The third-order valence-electron chi connectivity index (χ3n) is 2.74. The number of benzene rings is 1. The van der Waals surface area contributed by atoms with Crippen LogP contribution >= 0.6 is 15.9 Å². The maximum absolute atomic E-state index is 11.9. The zero-order chi connectivity index (χ0) is 15.7. The molecule has 0 aliphatic rings. The van der Waals surface area contributed by atoms with Crippen molar-refractivity contribution in [3.05, 3.63) is 46.6 Å². The van der Waals surface area contributed by atoms with Gasteiger partial charge in [-0.3, -0.25) is 4.79 Å². The highest BCUT2D eigenvalue weighted by molar-refractivity contribution is 9.10. The smallest absolute Gasteiger partial charge is 0.286 e. The van der Waals surface area contributed by atoms with Gasteiger partial charge in [-0.15, -0.1) is 0 Å². The number of carbonyl (C=O) groups excluding carboxylic acids is 1. The average molecular weight is 353 g/mol. The number of halogens is 1. The molecule has 0 radical (unpaired) electrons. The molecule has 0 saturated heterocycles. The molecule has 0 unspecified atom stereocenters. The summed E-state index contributed by atoms with van der Waals surface area (Å²) in [6.07, 6.45) is 4.69. The number of nitrogens with one attached hydrogen (secondary N) is 2. The van der Waals surface area contributed by atoms with Crippen LogP contribution in [-0.4, -0.2) is 18.4 Å². The SMILES string of the molecule is CC/C=C\NCN=C(N)C(=O)N[C@H](C)c1cccc(Br)c1. The van der Waals surface area contributed by atoms with E-state index in [9.17, 15) is 4.79 Å². The lowest BCUT2D eigenvalue weighted by atomic mass is 10.1. The van der Waals surface area contributed by atoms with E-state index in [1.807, 2.05) is 44.2 Å².